The molecule has 0 saturated heterocycles. The highest BCUT2D eigenvalue weighted by atomic mass is 35.5. The number of anilines is 1. The molecule has 0 aliphatic carbocycles. The van der Waals surface area contributed by atoms with Gasteiger partial charge in [-0.1, -0.05) is 42.8 Å². The summed E-state index contributed by atoms with van der Waals surface area (Å²) in [6.45, 7) is 2.73. The van der Waals surface area contributed by atoms with Crippen molar-refractivity contribution >= 4 is 23.3 Å². The van der Waals surface area contributed by atoms with Crippen LogP contribution in [0.2, 0.25) is 5.02 Å². The number of hydrogen-bond donors (Lipinski definition) is 1. The van der Waals surface area contributed by atoms with Crippen LogP contribution in [0.25, 0.3) is 11.3 Å². The van der Waals surface area contributed by atoms with Crippen LogP contribution in [0.3, 0.4) is 0 Å². The van der Waals surface area contributed by atoms with E-state index in [0.717, 1.165) is 17.5 Å². The van der Waals surface area contributed by atoms with Crippen LogP contribution < -0.4 is 5.32 Å². The molecule has 31 heavy (non-hydrogen) atoms. The number of rotatable bonds is 8. The average Bonchev–Trinajstić information content (AvgIpc) is 3.43. The molecule has 0 atom stereocenters. The van der Waals surface area contributed by atoms with Crippen molar-refractivity contribution in [3.63, 3.8) is 0 Å². The number of hydrogen-bond acceptors (Lipinski definition) is 4. The Morgan fingerprint density at radius 2 is 1.81 bits per heavy atom. The first kappa shape index (κ1) is 20.9. The molecule has 2 aromatic heterocycles. The van der Waals surface area contributed by atoms with Crippen LogP contribution in [0.1, 0.15) is 30.4 Å². The van der Waals surface area contributed by atoms with Gasteiger partial charge in [0, 0.05) is 29.5 Å². The molecule has 0 unspecified atom stereocenters. The molecule has 0 fully saturated rings. The fraction of sp³-hybridized carbons (Fsp3) is 0.208. The molecule has 0 radical (unpaired) electrons. The zero-order valence-corrected chi connectivity index (χ0v) is 18.0. The molecule has 0 aliphatic rings. The van der Waals surface area contributed by atoms with E-state index in [2.05, 4.69) is 46.6 Å². The van der Waals surface area contributed by atoms with Crippen LogP contribution in [-0.2, 0) is 24.2 Å². The lowest BCUT2D eigenvalue weighted by molar-refractivity contribution is -0.116. The van der Waals surface area contributed by atoms with Crippen LogP contribution >= 0.6 is 11.6 Å². The Hall–Kier alpha value is -3.38. The van der Waals surface area contributed by atoms with E-state index in [9.17, 15) is 4.79 Å². The summed E-state index contributed by atoms with van der Waals surface area (Å²) in [6, 6.07) is 17.5. The highest BCUT2D eigenvalue weighted by Gasteiger charge is 2.11. The molecule has 1 amide bonds. The number of aryl methyl sites for hydroxylation is 2. The molecule has 2 heterocycles. The summed E-state index contributed by atoms with van der Waals surface area (Å²) in [4.78, 5) is 16.7. The van der Waals surface area contributed by atoms with Gasteiger partial charge in [0.1, 0.15) is 5.82 Å². The number of amides is 1. The third kappa shape index (κ3) is 5.41. The van der Waals surface area contributed by atoms with Gasteiger partial charge in [-0.25, -0.2) is 9.67 Å². The highest BCUT2D eigenvalue weighted by Crippen LogP contribution is 2.23. The monoisotopic (exact) mass is 434 g/mol. The van der Waals surface area contributed by atoms with Crippen molar-refractivity contribution in [1.29, 1.82) is 0 Å². The van der Waals surface area contributed by atoms with Crippen LogP contribution in [0.5, 0.6) is 0 Å². The molecule has 4 aromatic rings. The number of benzene rings is 2. The summed E-state index contributed by atoms with van der Waals surface area (Å²) in [5, 5.41) is 7.92. The van der Waals surface area contributed by atoms with Crippen LogP contribution in [-0.4, -0.2) is 20.7 Å². The Morgan fingerprint density at radius 1 is 1.06 bits per heavy atom. The Balaban J connectivity index is 1.32. The molecule has 4 rings (SSSR count). The van der Waals surface area contributed by atoms with E-state index in [0.29, 0.717) is 35.5 Å². The van der Waals surface area contributed by atoms with Gasteiger partial charge in [0.05, 0.1) is 18.9 Å². The van der Waals surface area contributed by atoms with Crippen molar-refractivity contribution in [3.8, 4) is 11.3 Å². The fourth-order valence-corrected chi connectivity index (χ4v) is 3.34. The standard InChI is InChI=1S/C24H23ClN4O2/c1-2-17-3-5-18(6-4-17)16-29-22(13-14-27-29)28-23(30)11-12-24-26-15-21(31-24)19-7-9-20(25)10-8-19/h3-10,13-15H,2,11-12,16H2,1H3,(H,28,30). The molecule has 0 spiro atoms. The second-order valence-electron chi connectivity index (χ2n) is 7.22. The van der Waals surface area contributed by atoms with Gasteiger partial charge >= 0.3 is 0 Å². The SMILES string of the molecule is CCc1ccc(Cn2nccc2NC(=O)CCc2ncc(-c3ccc(Cl)cc3)o2)cc1. The summed E-state index contributed by atoms with van der Waals surface area (Å²) in [6.07, 6.45) is 5.02. The lowest BCUT2D eigenvalue weighted by Gasteiger charge is -2.09. The number of carbonyl (C=O) groups is 1. The first-order valence-corrected chi connectivity index (χ1v) is 10.6. The van der Waals surface area contributed by atoms with E-state index >= 15 is 0 Å². The summed E-state index contributed by atoms with van der Waals surface area (Å²) in [5.41, 5.74) is 3.32. The summed E-state index contributed by atoms with van der Waals surface area (Å²) >= 11 is 5.92. The van der Waals surface area contributed by atoms with E-state index in [1.165, 1.54) is 5.56 Å². The topological polar surface area (TPSA) is 73.0 Å². The molecule has 6 nitrogen and oxygen atoms in total. The van der Waals surface area contributed by atoms with Gasteiger partial charge in [-0.3, -0.25) is 4.79 Å². The number of nitrogens with one attached hydrogen (secondary N) is 1. The molecular formula is C24H23ClN4O2. The zero-order valence-electron chi connectivity index (χ0n) is 17.2. The smallest absolute Gasteiger partial charge is 0.226 e. The van der Waals surface area contributed by atoms with Gasteiger partial charge in [-0.15, -0.1) is 0 Å². The van der Waals surface area contributed by atoms with Gasteiger partial charge in [-0.05, 0) is 41.8 Å². The van der Waals surface area contributed by atoms with E-state index in [1.807, 2.05) is 12.1 Å². The largest absolute Gasteiger partial charge is 0.441 e. The summed E-state index contributed by atoms with van der Waals surface area (Å²) < 4.78 is 7.55. The Morgan fingerprint density at radius 3 is 2.55 bits per heavy atom. The molecule has 0 bridgehead atoms. The lowest BCUT2D eigenvalue weighted by atomic mass is 10.1. The summed E-state index contributed by atoms with van der Waals surface area (Å²) in [5.74, 6) is 1.72. The minimum Gasteiger partial charge on any atom is -0.441 e. The van der Waals surface area contributed by atoms with Gasteiger partial charge in [0.2, 0.25) is 5.91 Å². The number of carbonyl (C=O) groups excluding carboxylic acids is 1. The van der Waals surface area contributed by atoms with Gasteiger partial charge < -0.3 is 9.73 Å². The number of halogens is 1. The van der Waals surface area contributed by atoms with Crippen molar-refractivity contribution in [2.45, 2.75) is 32.7 Å². The van der Waals surface area contributed by atoms with E-state index in [1.54, 1.807) is 35.3 Å². The minimum atomic E-state index is -0.116. The van der Waals surface area contributed by atoms with Gasteiger partial charge in [0.25, 0.3) is 0 Å². The number of nitrogens with zero attached hydrogens (tertiary/aromatic N) is 3. The Bertz CT molecular complexity index is 1150. The maximum Gasteiger partial charge on any atom is 0.226 e. The van der Waals surface area contributed by atoms with Crippen molar-refractivity contribution < 1.29 is 9.21 Å². The molecule has 2 aromatic carbocycles. The summed E-state index contributed by atoms with van der Waals surface area (Å²) in [7, 11) is 0. The van der Waals surface area contributed by atoms with Crippen molar-refractivity contribution in [3.05, 3.63) is 89.0 Å². The molecule has 158 valence electrons. The first-order valence-electron chi connectivity index (χ1n) is 10.2. The third-order valence-electron chi connectivity index (χ3n) is 5.00. The van der Waals surface area contributed by atoms with Crippen molar-refractivity contribution in [2.24, 2.45) is 0 Å². The predicted molar refractivity (Wildman–Crippen MR) is 121 cm³/mol. The average molecular weight is 435 g/mol. The zero-order chi connectivity index (χ0) is 21.6. The van der Waals surface area contributed by atoms with E-state index in [4.69, 9.17) is 16.0 Å². The predicted octanol–water partition coefficient (Wildman–Crippen LogP) is 5.37. The Labute approximate surface area is 185 Å². The van der Waals surface area contributed by atoms with Gasteiger partial charge in [0.15, 0.2) is 11.7 Å². The molecule has 0 aliphatic heterocycles. The van der Waals surface area contributed by atoms with Crippen molar-refractivity contribution in [2.75, 3.05) is 5.32 Å². The maximum absolute atomic E-state index is 12.4. The highest BCUT2D eigenvalue weighted by molar-refractivity contribution is 6.30. The van der Waals surface area contributed by atoms with E-state index in [-0.39, 0.29) is 12.3 Å². The molecular weight excluding hydrogens is 412 g/mol. The quantitative estimate of drug-likeness (QED) is 0.404. The first-order chi connectivity index (χ1) is 15.1. The fourth-order valence-electron chi connectivity index (χ4n) is 3.22. The van der Waals surface area contributed by atoms with Crippen molar-refractivity contribution in [1.82, 2.24) is 14.8 Å². The molecule has 1 N–H and O–H groups in total. The minimum absolute atomic E-state index is 0.116. The maximum atomic E-state index is 12.4. The Kier molecular flexibility index (Phi) is 6.48. The van der Waals surface area contributed by atoms with Crippen LogP contribution in [0.4, 0.5) is 5.82 Å². The van der Waals surface area contributed by atoms with Gasteiger partial charge in [-0.2, -0.15) is 5.10 Å². The molecule has 7 heteroatoms. The molecule has 0 saturated carbocycles. The second kappa shape index (κ2) is 9.62. The third-order valence-corrected chi connectivity index (χ3v) is 5.25. The normalized spacial score (nSPS) is 10.9. The number of oxazole rings is 1. The number of aromatic nitrogens is 3. The van der Waals surface area contributed by atoms with Crippen LogP contribution in [0.15, 0.2) is 71.4 Å². The second-order valence-corrected chi connectivity index (χ2v) is 7.65. The van der Waals surface area contributed by atoms with Crippen LogP contribution in [0, 0.1) is 0 Å². The lowest BCUT2D eigenvalue weighted by Crippen LogP contribution is -2.16. The van der Waals surface area contributed by atoms with E-state index < -0.39 is 0 Å².